The van der Waals surface area contributed by atoms with E-state index in [-0.39, 0.29) is 18.1 Å². The second kappa shape index (κ2) is 6.62. The van der Waals surface area contributed by atoms with Crippen LogP contribution < -0.4 is 5.32 Å². The predicted octanol–water partition coefficient (Wildman–Crippen LogP) is 2.56. The number of methoxy groups -OCH3 is 1. The molecule has 1 aromatic heterocycles. The van der Waals surface area contributed by atoms with Crippen LogP contribution >= 0.6 is 0 Å². The van der Waals surface area contributed by atoms with E-state index >= 15 is 0 Å². The molecule has 1 aliphatic rings. The Hall–Kier alpha value is -3.16. The largest absolute Gasteiger partial charge is 0.463 e. The first kappa shape index (κ1) is 17.7. The molecule has 0 aliphatic carbocycles. The SMILES string of the molecule is CC[C@@]1(c2ccc(F)cc2)NC(=O)N(Cc2ccc(C(=O)OC)o2)C1=O. The minimum absolute atomic E-state index is 0.0187. The average molecular weight is 360 g/mol. The maximum atomic E-state index is 13.2. The highest BCUT2D eigenvalue weighted by molar-refractivity contribution is 6.07. The van der Waals surface area contributed by atoms with E-state index in [1.807, 2.05) is 0 Å². The molecule has 1 saturated heterocycles. The molecule has 136 valence electrons. The number of urea groups is 1. The van der Waals surface area contributed by atoms with Gasteiger partial charge < -0.3 is 14.5 Å². The van der Waals surface area contributed by atoms with Crippen molar-refractivity contribution in [2.45, 2.75) is 25.4 Å². The van der Waals surface area contributed by atoms with Gasteiger partial charge in [-0.25, -0.2) is 14.0 Å². The van der Waals surface area contributed by atoms with Crippen molar-refractivity contribution in [2.24, 2.45) is 0 Å². The van der Waals surface area contributed by atoms with Gasteiger partial charge in [0.1, 0.15) is 17.1 Å². The van der Waals surface area contributed by atoms with E-state index in [1.165, 1.54) is 43.5 Å². The number of halogens is 1. The Balaban J connectivity index is 1.87. The Labute approximate surface area is 148 Å². The number of rotatable bonds is 5. The Bertz CT molecular complexity index is 861. The zero-order valence-electron chi connectivity index (χ0n) is 14.2. The number of esters is 1. The number of carbonyl (C=O) groups is 3. The fourth-order valence-corrected chi connectivity index (χ4v) is 2.97. The quantitative estimate of drug-likeness (QED) is 0.654. The second-order valence-electron chi connectivity index (χ2n) is 5.84. The van der Waals surface area contributed by atoms with Gasteiger partial charge in [0.25, 0.3) is 5.91 Å². The highest BCUT2D eigenvalue weighted by Gasteiger charge is 2.51. The standard InChI is InChI=1S/C18H17FN2O5/c1-3-18(11-4-6-12(19)7-5-11)16(23)21(17(24)20-18)10-13-8-9-14(26-13)15(22)25-2/h4-9H,3,10H2,1-2H3,(H,20,24)/t18-/m0/s1. The van der Waals surface area contributed by atoms with E-state index < -0.39 is 29.3 Å². The summed E-state index contributed by atoms with van der Waals surface area (Å²) < 4.78 is 23.1. The molecule has 1 atom stereocenters. The number of carbonyl (C=O) groups excluding carboxylic acids is 3. The number of nitrogens with one attached hydrogen (secondary N) is 1. The topological polar surface area (TPSA) is 88.8 Å². The zero-order chi connectivity index (χ0) is 18.9. The highest BCUT2D eigenvalue weighted by Crippen LogP contribution is 2.33. The van der Waals surface area contributed by atoms with Gasteiger partial charge in [0, 0.05) is 0 Å². The van der Waals surface area contributed by atoms with E-state index in [0.717, 1.165) is 4.90 Å². The van der Waals surface area contributed by atoms with Gasteiger partial charge in [-0.05, 0) is 36.2 Å². The van der Waals surface area contributed by atoms with Crippen LogP contribution in [-0.4, -0.2) is 29.9 Å². The van der Waals surface area contributed by atoms with E-state index in [2.05, 4.69) is 10.1 Å². The van der Waals surface area contributed by atoms with Gasteiger partial charge in [-0.1, -0.05) is 19.1 Å². The lowest BCUT2D eigenvalue weighted by Crippen LogP contribution is -2.43. The number of ether oxygens (including phenoxy) is 1. The maximum Gasteiger partial charge on any atom is 0.373 e. The van der Waals surface area contributed by atoms with E-state index in [4.69, 9.17) is 4.42 Å². The van der Waals surface area contributed by atoms with Gasteiger partial charge in [0.05, 0.1) is 13.7 Å². The summed E-state index contributed by atoms with van der Waals surface area (Å²) in [6.07, 6.45) is 0.297. The van der Waals surface area contributed by atoms with Gasteiger partial charge in [0.15, 0.2) is 0 Å². The van der Waals surface area contributed by atoms with Crippen molar-refractivity contribution in [1.29, 1.82) is 0 Å². The van der Waals surface area contributed by atoms with E-state index in [0.29, 0.717) is 12.0 Å². The molecule has 2 heterocycles. The van der Waals surface area contributed by atoms with Crippen molar-refractivity contribution in [3.05, 3.63) is 59.3 Å². The summed E-state index contributed by atoms with van der Waals surface area (Å²) in [6, 6.07) is 7.75. The Morgan fingerprint density at radius 1 is 1.23 bits per heavy atom. The molecular formula is C18H17FN2O5. The summed E-state index contributed by atoms with van der Waals surface area (Å²) in [7, 11) is 1.22. The fourth-order valence-electron chi connectivity index (χ4n) is 2.97. The molecule has 3 amide bonds. The summed E-state index contributed by atoms with van der Waals surface area (Å²) in [4.78, 5) is 37.8. The van der Waals surface area contributed by atoms with Crippen molar-refractivity contribution < 1.29 is 27.9 Å². The van der Waals surface area contributed by atoms with Gasteiger partial charge in [-0.2, -0.15) is 0 Å². The monoisotopic (exact) mass is 360 g/mol. The Morgan fingerprint density at radius 3 is 2.54 bits per heavy atom. The van der Waals surface area contributed by atoms with Crippen molar-refractivity contribution in [3.8, 4) is 0 Å². The van der Waals surface area contributed by atoms with Gasteiger partial charge in [-0.15, -0.1) is 0 Å². The molecule has 8 heteroatoms. The molecule has 0 radical (unpaired) electrons. The minimum Gasteiger partial charge on any atom is -0.463 e. The summed E-state index contributed by atoms with van der Waals surface area (Å²) in [5, 5.41) is 2.70. The molecule has 1 aromatic carbocycles. The third-order valence-corrected chi connectivity index (χ3v) is 4.41. The maximum absolute atomic E-state index is 13.2. The fraction of sp³-hybridized carbons (Fsp3) is 0.278. The van der Waals surface area contributed by atoms with E-state index in [1.54, 1.807) is 6.92 Å². The molecule has 1 aliphatic heterocycles. The molecule has 2 aromatic rings. The number of hydrogen-bond donors (Lipinski definition) is 1. The summed E-state index contributed by atoms with van der Waals surface area (Å²) in [6.45, 7) is 1.62. The average Bonchev–Trinajstić information content (AvgIpc) is 3.20. The van der Waals surface area contributed by atoms with Gasteiger partial charge in [-0.3, -0.25) is 9.69 Å². The highest BCUT2D eigenvalue weighted by atomic mass is 19.1. The Kier molecular flexibility index (Phi) is 4.50. The molecule has 0 saturated carbocycles. The molecular weight excluding hydrogens is 343 g/mol. The van der Waals surface area contributed by atoms with Crippen LogP contribution in [0.5, 0.6) is 0 Å². The second-order valence-corrected chi connectivity index (χ2v) is 5.84. The van der Waals surface area contributed by atoms with Gasteiger partial charge in [0.2, 0.25) is 5.76 Å². The third kappa shape index (κ3) is 2.83. The Morgan fingerprint density at radius 2 is 1.92 bits per heavy atom. The first-order valence-corrected chi connectivity index (χ1v) is 7.98. The number of hydrogen-bond acceptors (Lipinski definition) is 5. The van der Waals surface area contributed by atoms with Crippen molar-refractivity contribution in [1.82, 2.24) is 10.2 Å². The lowest BCUT2D eigenvalue weighted by Gasteiger charge is -2.25. The smallest absolute Gasteiger partial charge is 0.373 e. The van der Waals surface area contributed by atoms with Crippen LogP contribution in [0, 0.1) is 5.82 Å². The molecule has 1 fully saturated rings. The number of nitrogens with zero attached hydrogens (tertiary/aromatic N) is 1. The van der Waals surface area contributed by atoms with Crippen LogP contribution in [0.15, 0.2) is 40.8 Å². The number of amides is 3. The predicted molar refractivity (Wildman–Crippen MR) is 87.5 cm³/mol. The van der Waals surface area contributed by atoms with Crippen LogP contribution in [0.4, 0.5) is 9.18 Å². The first-order valence-electron chi connectivity index (χ1n) is 7.98. The minimum atomic E-state index is -1.26. The summed E-state index contributed by atoms with van der Waals surface area (Å²) in [5.41, 5.74) is -0.764. The molecule has 0 unspecified atom stereocenters. The van der Waals surface area contributed by atoms with Crippen molar-refractivity contribution >= 4 is 17.9 Å². The first-order chi connectivity index (χ1) is 12.4. The van der Waals surface area contributed by atoms with Crippen LogP contribution in [0.25, 0.3) is 0 Å². The lowest BCUT2D eigenvalue weighted by molar-refractivity contribution is -0.132. The van der Waals surface area contributed by atoms with Crippen LogP contribution in [0.2, 0.25) is 0 Å². The summed E-state index contributed by atoms with van der Waals surface area (Å²) >= 11 is 0. The molecule has 0 spiro atoms. The molecule has 1 N–H and O–H groups in total. The number of benzene rings is 1. The normalized spacial score (nSPS) is 19.6. The molecule has 0 bridgehead atoms. The molecule has 7 nitrogen and oxygen atoms in total. The zero-order valence-corrected chi connectivity index (χ0v) is 14.2. The van der Waals surface area contributed by atoms with Crippen LogP contribution in [0.1, 0.15) is 35.2 Å². The number of imide groups is 1. The van der Waals surface area contributed by atoms with Crippen LogP contribution in [-0.2, 0) is 21.6 Å². The van der Waals surface area contributed by atoms with Gasteiger partial charge >= 0.3 is 12.0 Å². The number of furan rings is 1. The van der Waals surface area contributed by atoms with Crippen molar-refractivity contribution in [2.75, 3.05) is 7.11 Å². The molecule has 26 heavy (non-hydrogen) atoms. The van der Waals surface area contributed by atoms with Crippen molar-refractivity contribution in [3.63, 3.8) is 0 Å². The molecule has 3 rings (SSSR count). The third-order valence-electron chi connectivity index (χ3n) is 4.41. The van der Waals surface area contributed by atoms with Crippen LogP contribution in [0.3, 0.4) is 0 Å². The summed E-state index contributed by atoms with van der Waals surface area (Å²) in [5.74, 6) is -1.30. The lowest BCUT2D eigenvalue weighted by atomic mass is 9.87. The van der Waals surface area contributed by atoms with E-state index in [9.17, 15) is 18.8 Å².